The molecule has 0 bridgehead atoms. The Morgan fingerprint density at radius 3 is 2.48 bits per heavy atom. The summed E-state index contributed by atoms with van der Waals surface area (Å²) in [6, 6.07) is 33.4. The van der Waals surface area contributed by atoms with E-state index in [0.29, 0.717) is 5.92 Å². The van der Waals surface area contributed by atoms with Crippen LogP contribution in [0, 0.1) is 15.3 Å². The van der Waals surface area contributed by atoms with E-state index in [1.807, 2.05) is 17.8 Å². The van der Waals surface area contributed by atoms with Crippen LogP contribution in [0.15, 0.2) is 107 Å². The van der Waals surface area contributed by atoms with Gasteiger partial charge in [-0.2, -0.15) is 0 Å². The third kappa shape index (κ3) is 5.15. The topological polar surface area (TPSA) is 24.3 Å². The van der Waals surface area contributed by atoms with Crippen molar-refractivity contribution < 1.29 is 25.6 Å². The van der Waals surface area contributed by atoms with Gasteiger partial charge in [0.25, 0.3) is 0 Å². The molecule has 4 aromatic carbocycles. The number of likely N-dealkylation sites (tertiary alicyclic amines) is 1. The molecule has 0 radical (unpaired) electrons. The third-order valence-corrected chi connectivity index (χ3v) is 11.3. The van der Waals surface area contributed by atoms with Gasteiger partial charge in [0.15, 0.2) is 0 Å². The molecular formula is C36H35FIN4-. The molecule has 1 aromatic heterocycles. The van der Waals surface area contributed by atoms with Crippen molar-refractivity contribution in [1.82, 2.24) is 14.7 Å². The molecule has 1 atom stereocenters. The Morgan fingerprint density at radius 1 is 0.905 bits per heavy atom. The van der Waals surface area contributed by atoms with Crippen molar-refractivity contribution in [3.05, 3.63) is 127 Å². The predicted molar refractivity (Wildman–Crippen MR) is 165 cm³/mol. The fourth-order valence-corrected chi connectivity index (χ4v) is 9.30. The molecular weight excluding hydrogens is 634 g/mol. The maximum absolute atomic E-state index is 14.0. The number of allylic oxidation sites excluding steroid dienone is 1. The van der Waals surface area contributed by atoms with Gasteiger partial charge in [-0.25, -0.2) is 4.39 Å². The van der Waals surface area contributed by atoms with Crippen molar-refractivity contribution in [3.63, 3.8) is 0 Å². The van der Waals surface area contributed by atoms with Gasteiger partial charge in [-0.3, -0.25) is 0 Å². The average molecular weight is 670 g/mol. The van der Waals surface area contributed by atoms with Crippen LogP contribution in [0.2, 0.25) is 0 Å². The molecule has 6 heteroatoms. The number of para-hydroxylation sites is 2. The zero-order valence-corrected chi connectivity index (χ0v) is 26.2. The molecule has 1 unspecified atom stereocenters. The Balaban J connectivity index is 1.11. The van der Waals surface area contributed by atoms with Crippen LogP contribution in [0.5, 0.6) is 0 Å². The van der Waals surface area contributed by atoms with Gasteiger partial charge >= 0.3 is 224 Å². The van der Waals surface area contributed by atoms with Crippen LogP contribution < -0.4 is 26.1 Å². The van der Waals surface area contributed by atoms with Crippen LogP contribution in [0.25, 0.3) is 22.2 Å². The summed E-state index contributed by atoms with van der Waals surface area (Å²) in [5, 5.41) is 5.90. The Labute approximate surface area is 257 Å². The summed E-state index contributed by atoms with van der Waals surface area (Å²) in [4.78, 5) is 5.23. The molecule has 0 aliphatic carbocycles. The molecule has 5 aromatic rings. The van der Waals surface area contributed by atoms with E-state index in [1.54, 1.807) is 12.1 Å². The summed E-state index contributed by atoms with van der Waals surface area (Å²) in [6.07, 6.45) is 2.32. The van der Waals surface area contributed by atoms with E-state index in [1.165, 1.54) is 32.1 Å². The molecule has 0 spiro atoms. The van der Waals surface area contributed by atoms with Crippen LogP contribution in [0.3, 0.4) is 0 Å². The molecule has 2 aliphatic heterocycles. The first-order chi connectivity index (χ1) is 20.6. The summed E-state index contributed by atoms with van der Waals surface area (Å²) in [7, 11) is 2.00. The van der Waals surface area contributed by atoms with E-state index in [2.05, 4.69) is 93.6 Å². The van der Waals surface area contributed by atoms with Gasteiger partial charge in [-0.15, -0.1) is 0 Å². The molecule has 0 N–H and O–H groups in total. The van der Waals surface area contributed by atoms with Crippen molar-refractivity contribution in [1.29, 1.82) is 0 Å². The number of aryl methyl sites for hydroxylation is 1. The normalized spacial score (nSPS) is 17.0. The summed E-state index contributed by atoms with van der Waals surface area (Å²) in [6.45, 7) is 5.39. The van der Waals surface area contributed by atoms with Gasteiger partial charge in [-0.1, -0.05) is 12.1 Å². The van der Waals surface area contributed by atoms with Gasteiger partial charge in [-0.05, 0) is 12.1 Å². The number of hydrogen-bond donors (Lipinski definition) is 0. The molecule has 0 saturated carbocycles. The van der Waals surface area contributed by atoms with Crippen molar-refractivity contribution >= 4 is 16.6 Å². The van der Waals surface area contributed by atoms with E-state index >= 15 is 0 Å². The predicted octanol–water partition coefficient (Wildman–Crippen LogP) is 4.97. The molecule has 4 nitrogen and oxygen atoms in total. The third-order valence-electron chi connectivity index (χ3n) is 8.79. The van der Waals surface area contributed by atoms with Crippen LogP contribution in [0.1, 0.15) is 36.9 Å². The number of fused-ring (bicyclic) bond motifs is 2. The van der Waals surface area contributed by atoms with Crippen molar-refractivity contribution in [2.24, 2.45) is 13.0 Å². The number of anilines is 1. The molecule has 1 fully saturated rings. The van der Waals surface area contributed by atoms with Crippen molar-refractivity contribution in [3.8, 4) is 11.3 Å². The number of aromatic nitrogens is 2. The SMILES string of the molecule is CC(c1ccccc1)N1C(C2CCN(Cc3cccc4c(-c5cccc(F)c5)nn(C)c34)CC2)=C[I-]c2ccccc21. The molecule has 1 saturated heterocycles. The summed E-state index contributed by atoms with van der Waals surface area (Å²) < 4.78 is 20.1. The summed E-state index contributed by atoms with van der Waals surface area (Å²) in [5.41, 5.74) is 8.37. The number of piperidine rings is 1. The number of hydrogen-bond acceptors (Lipinski definition) is 3. The first-order valence-corrected chi connectivity index (χ1v) is 17.1. The summed E-state index contributed by atoms with van der Waals surface area (Å²) in [5.74, 6) is 0.327. The second-order valence-corrected chi connectivity index (χ2v) is 13.8. The van der Waals surface area contributed by atoms with Gasteiger partial charge in [0, 0.05) is 0 Å². The maximum atomic E-state index is 14.0. The van der Waals surface area contributed by atoms with Gasteiger partial charge in [0.05, 0.1) is 0 Å². The molecule has 0 amide bonds. The van der Waals surface area contributed by atoms with Crippen LogP contribution >= 0.6 is 0 Å². The van der Waals surface area contributed by atoms with E-state index in [4.69, 9.17) is 5.10 Å². The second kappa shape index (κ2) is 11.7. The Hall–Kier alpha value is -3.49. The number of halogens is 2. The second-order valence-electron chi connectivity index (χ2n) is 11.4. The molecule has 7 rings (SSSR count). The first-order valence-electron chi connectivity index (χ1n) is 14.8. The van der Waals surface area contributed by atoms with E-state index in [9.17, 15) is 4.39 Å². The monoisotopic (exact) mass is 669 g/mol. The fourth-order valence-electron chi connectivity index (χ4n) is 6.67. The number of rotatable bonds is 6. The zero-order chi connectivity index (χ0) is 28.6. The van der Waals surface area contributed by atoms with E-state index < -0.39 is 0 Å². The standard InChI is InChI=1S/C36H35FIN4/c1-25(26-10-4-3-5-11-26)42-33-17-7-6-16-32(33)38-23-34(42)27-18-20-41(21-19-27)24-29-13-9-15-31-35(39-40(2)36(29)31)28-12-8-14-30(37)22-28/h3-17,22-23,25,27H,18-21,24H2,1-2H3/q-1. The van der Waals surface area contributed by atoms with Gasteiger partial charge < -0.3 is 0 Å². The minimum absolute atomic E-state index is 0.141. The average Bonchev–Trinajstić information content (AvgIpc) is 3.38. The van der Waals surface area contributed by atoms with E-state index in [-0.39, 0.29) is 33.1 Å². The van der Waals surface area contributed by atoms with Crippen LogP contribution in [-0.2, 0) is 13.6 Å². The molecule has 2 aliphatic rings. The Morgan fingerprint density at radius 2 is 1.67 bits per heavy atom. The number of benzene rings is 4. The van der Waals surface area contributed by atoms with Crippen molar-refractivity contribution in [2.75, 3.05) is 18.0 Å². The minimum atomic E-state index is -0.235. The number of nitrogens with zero attached hydrogens (tertiary/aromatic N) is 4. The van der Waals surface area contributed by atoms with E-state index in [0.717, 1.165) is 54.6 Å². The fraction of sp³-hybridized carbons (Fsp3) is 0.250. The first kappa shape index (κ1) is 27.3. The molecule has 214 valence electrons. The summed E-state index contributed by atoms with van der Waals surface area (Å²) >= 11 is -0.141. The Kier molecular flexibility index (Phi) is 7.59. The Bertz CT molecular complexity index is 1750. The van der Waals surface area contributed by atoms with Crippen LogP contribution in [0.4, 0.5) is 10.1 Å². The quantitative estimate of drug-likeness (QED) is 0.239. The zero-order valence-electron chi connectivity index (χ0n) is 24.0. The van der Waals surface area contributed by atoms with Gasteiger partial charge in [0.1, 0.15) is 5.82 Å². The van der Waals surface area contributed by atoms with Crippen LogP contribution in [-0.4, -0.2) is 27.8 Å². The molecule has 42 heavy (non-hydrogen) atoms. The molecule has 3 heterocycles. The van der Waals surface area contributed by atoms with Gasteiger partial charge in [0.2, 0.25) is 0 Å². The van der Waals surface area contributed by atoms with Crippen molar-refractivity contribution in [2.45, 2.75) is 32.4 Å².